The molecule has 1 fully saturated rings. The molecule has 1 aliphatic heterocycles. The predicted molar refractivity (Wildman–Crippen MR) is 68.8 cm³/mol. The lowest BCUT2D eigenvalue weighted by molar-refractivity contribution is -0.123. The summed E-state index contributed by atoms with van der Waals surface area (Å²) < 4.78 is 27.1. The smallest absolute Gasteiger partial charge is 0.237 e. The number of benzene rings is 1. The van der Waals surface area contributed by atoms with E-state index in [9.17, 15) is 13.6 Å². The number of rotatable bonds is 3. The van der Waals surface area contributed by atoms with Crippen molar-refractivity contribution in [3.05, 3.63) is 34.4 Å². The maximum absolute atomic E-state index is 13.6. The Hall–Kier alpha value is -1.20. The number of carbonyl (C=O) groups excluding carboxylic acids is 1. The third-order valence-electron chi connectivity index (χ3n) is 3.25. The second-order valence-electron chi connectivity index (χ2n) is 4.84. The first-order chi connectivity index (χ1) is 8.99. The summed E-state index contributed by atoms with van der Waals surface area (Å²) >= 11 is 5.58. The van der Waals surface area contributed by atoms with Gasteiger partial charge < -0.3 is 10.6 Å². The highest BCUT2D eigenvalue weighted by Crippen LogP contribution is 2.21. The second kappa shape index (κ2) is 5.84. The zero-order valence-electron chi connectivity index (χ0n) is 10.5. The van der Waals surface area contributed by atoms with Crippen LogP contribution in [0.4, 0.5) is 8.78 Å². The van der Waals surface area contributed by atoms with Crippen LogP contribution in [0.1, 0.15) is 18.9 Å². The number of halogens is 3. The minimum absolute atomic E-state index is 0.154. The lowest BCUT2D eigenvalue weighted by Crippen LogP contribution is -2.40. The summed E-state index contributed by atoms with van der Waals surface area (Å²) in [6.07, 6.45) is 0.729. The molecule has 3 nitrogen and oxygen atoms in total. The van der Waals surface area contributed by atoms with Crippen molar-refractivity contribution in [2.75, 3.05) is 6.54 Å². The Bertz CT molecular complexity index is 496. The topological polar surface area (TPSA) is 41.1 Å². The molecule has 0 aromatic heterocycles. The van der Waals surface area contributed by atoms with Crippen LogP contribution in [0.3, 0.4) is 0 Å². The monoisotopic (exact) mass is 288 g/mol. The van der Waals surface area contributed by atoms with Crippen molar-refractivity contribution < 1.29 is 13.6 Å². The molecule has 1 amide bonds. The summed E-state index contributed by atoms with van der Waals surface area (Å²) in [5.74, 6) is -1.36. The molecule has 0 bridgehead atoms. The van der Waals surface area contributed by atoms with Crippen molar-refractivity contribution in [1.29, 1.82) is 0 Å². The standard InChI is InChI=1S/C13H15ClF2N2O/c1-7-4-11(17-5-7)13(19)18-6-8-10(15)3-2-9(14)12(8)16/h2-3,7,11,17H,4-6H2,1H3,(H,18,19)/t7-,11-/m0/s1. The van der Waals surface area contributed by atoms with Crippen LogP contribution >= 0.6 is 11.6 Å². The van der Waals surface area contributed by atoms with Gasteiger partial charge in [0.15, 0.2) is 0 Å². The van der Waals surface area contributed by atoms with E-state index in [2.05, 4.69) is 10.6 Å². The van der Waals surface area contributed by atoms with Crippen LogP contribution in [0.2, 0.25) is 5.02 Å². The Labute approximate surface area is 115 Å². The Kier molecular flexibility index (Phi) is 4.37. The van der Waals surface area contributed by atoms with Gasteiger partial charge in [-0.25, -0.2) is 8.78 Å². The molecule has 2 rings (SSSR count). The lowest BCUT2D eigenvalue weighted by atomic mass is 10.1. The largest absolute Gasteiger partial charge is 0.350 e. The van der Waals surface area contributed by atoms with Crippen molar-refractivity contribution in [2.24, 2.45) is 5.92 Å². The zero-order valence-corrected chi connectivity index (χ0v) is 11.2. The third-order valence-corrected chi connectivity index (χ3v) is 3.54. The van der Waals surface area contributed by atoms with Crippen LogP contribution < -0.4 is 10.6 Å². The highest BCUT2D eigenvalue weighted by molar-refractivity contribution is 6.30. The van der Waals surface area contributed by atoms with Crippen molar-refractivity contribution in [3.8, 4) is 0 Å². The Morgan fingerprint density at radius 3 is 2.89 bits per heavy atom. The second-order valence-corrected chi connectivity index (χ2v) is 5.25. The van der Waals surface area contributed by atoms with Crippen LogP contribution in [-0.2, 0) is 11.3 Å². The highest BCUT2D eigenvalue weighted by Gasteiger charge is 2.26. The molecule has 1 heterocycles. The van der Waals surface area contributed by atoms with E-state index in [1.165, 1.54) is 0 Å². The Balaban J connectivity index is 1.99. The molecule has 0 unspecified atom stereocenters. The quantitative estimate of drug-likeness (QED) is 0.838. The third kappa shape index (κ3) is 3.22. The van der Waals surface area contributed by atoms with E-state index in [0.29, 0.717) is 5.92 Å². The van der Waals surface area contributed by atoms with Crippen LogP contribution in [0, 0.1) is 17.6 Å². The lowest BCUT2D eigenvalue weighted by Gasteiger charge is -2.12. The fraction of sp³-hybridized carbons (Fsp3) is 0.462. The van der Waals surface area contributed by atoms with Gasteiger partial charge in [-0.1, -0.05) is 18.5 Å². The number of carbonyl (C=O) groups is 1. The molecule has 0 saturated carbocycles. The van der Waals surface area contributed by atoms with Crippen molar-refractivity contribution in [3.63, 3.8) is 0 Å². The molecule has 1 aliphatic rings. The van der Waals surface area contributed by atoms with E-state index in [1.54, 1.807) is 0 Å². The molecule has 104 valence electrons. The van der Waals surface area contributed by atoms with E-state index in [0.717, 1.165) is 25.1 Å². The van der Waals surface area contributed by atoms with Gasteiger partial charge >= 0.3 is 0 Å². The molecule has 6 heteroatoms. The Morgan fingerprint density at radius 1 is 1.53 bits per heavy atom. The molecule has 1 saturated heterocycles. The molecule has 19 heavy (non-hydrogen) atoms. The summed E-state index contributed by atoms with van der Waals surface area (Å²) in [6.45, 7) is 2.61. The van der Waals surface area contributed by atoms with E-state index >= 15 is 0 Å². The first kappa shape index (κ1) is 14.2. The van der Waals surface area contributed by atoms with Gasteiger partial charge in [0.05, 0.1) is 11.1 Å². The maximum atomic E-state index is 13.6. The fourth-order valence-corrected chi connectivity index (χ4v) is 2.32. The minimum atomic E-state index is -0.824. The number of nitrogens with one attached hydrogen (secondary N) is 2. The van der Waals surface area contributed by atoms with Gasteiger partial charge in [-0.3, -0.25) is 4.79 Å². The van der Waals surface area contributed by atoms with E-state index < -0.39 is 11.6 Å². The van der Waals surface area contributed by atoms with Gasteiger partial charge in [0.25, 0.3) is 0 Å². The first-order valence-electron chi connectivity index (χ1n) is 6.12. The maximum Gasteiger partial charge on any atom is 0.237 e. The van der Waals surface area contributed by atoms with Crippen molar-refractivity contribution in [1.82, 2.24) is 10.6 Å². The normalized spacial score (nSPS) is 22.5. The number of hydrogen-bond acceptors (Lipinski definition) is 2. The van der Waals surface area contributed by atoms with Crippen molar-refractivity contribution >= 4 is 17.5 Å². The van der Waals surface area contributed by atoms with Gasteiger partial charge in [-0.2, -0.15) is 0 Å². The van der Waals surface area contributed by atoms with Crippen LogP contribution in [0.25, 0.3) is 0 Å². The Morgan fingerprint density at radius 2 is 2.26 bits per heavy atom. The fourth-order valence-electron chi connectivity index (χ4n) is 2.14. The average molecular weight is 289 g/mol. The van der Waals surface area contributed by atoms with Crippen molar-refractivity contribution in [2.45, 2.75) is 25.9 Å². The van der Waals surface area contributed by atoms with Gasteiger partial charge in [-0.15, -0.1) is 0 Å². The molecule has 0 aliphatic carbocycles. The zero-order chi connectivity index (χ0) is 14.0. The summed E-state index contributed by atoms with van der Waals surface area (Å²) in [4.78, 5) is 11.8. The van der Waals surface area contributed by atoms with Gasteiger partial charge in [0.2, 0.25) is 5.91 Å². The van der Waals surface area contributed by atoms with E-state index in [1.807, 2.05) is 6.92 Å². The van der Waals surface area contributed by atoms with Gasteiger partial charge in [-0.05, 0) is 31.0 Å². The molecule has 1 aromatic rings. The molecule has 0 spiro atoms. The highest BCUT2D eigenvalue weighted by atomic mass is 35.5. The molecule has 2 N–H and O–H groups in total. The number of amides is 1. The summed E-state index contributed by atoms with van der Waals surface area (Å²) in [5, 5.41) is 5.43. The molecular formula is C13H15ClF2N2O. The molecule has 2 atom stereocenters. The molecule has 1 aromatic carbocycles. The minimum Gasteiger partial charge on any atom is -0.350 e. The summed E-state index contributed by atoms with van der Waals surface area (Å²) in [5.41, 5.74) is -0.216. The van der Waals surface area contributed by atoms with Crippen LogP contribution in [0.15, 0.2) is 12.1 Å². The van der Waals surface area contributed by atoms with Gasteiger partial charge in [0.1, 0.15) is 11.6 Å². The molecular weight excluding hydrogens is 274 g/mol. The van der Waals surface area contributed by atoms with E-state index in [4.69, 9.17) is 11.6 Å². The predicted octanol–water partition coefficient (Wildman–Crippen LogP) is 2.23. The van der Waals surface area contributed by atoms with Crippen LogP contribution in [-0.4, -0.2) is 18.5 Å². The van der Waals surface area contributed by atoms with E-state index in [-0.39, 0.29) is 29.1 Å². The first-order valence-corrected chi connectivity index (χ1v) is 6.50. The summed E-state index contributed by atoms with van der Waals surface area (Å²) in [6, 6.07) is 1.95. The SMILES string of the molecule is C[C@@H]1CN[C@H](C(=O)NCc2c(F)ccc(Cl)c2F)C1. The molecule has 0 radical (unpaired) electrons. The number of hydrogen-bond donors (Lipinski definition) is 2. The average Bonchev–Trinajstić information content (AvgIpc) is 2.80. The van der Waals surface area contributed by atoms with Crippen LogP contribution in [0.5, 0.6) is 0 Å². The summed E-state index contributed by atoms with van der Waals surface area (Å²) in [7, 11) is 0. The van der Waals surface area contributed by atoms with Gasteiger partial charge in [0, 0.05) is 12.1 Å².